The highest BCUT2D eigenvalue weighted by Crippen LogP contribution is 2.10. The minimum Gasteiger partial charge on any atom is -0.481 e. The molecule has 1 atom stereocenters. The van der Waals surface area contributed by atoms with Crippen molar-refractivity contribution in [2.45, 2.75) is 65.0 Å². The molecule has 108 valence electrons. The van der Waals surface area contributed by atoms with Gasteiger partial charge in [0.15, 0.2) is 0 Å². The van der Waals surface area contributed by atoms with Crippen molar-refractivity contribution in [3.63, 3.8) is 0 Å². The molecule has 3 heteroatoms. The Bertz CT molecular complexity index is 341. The van der Waals surface area contributed by atoms with Gasteiger partial charge in [-0.1, -0.05) is 39.0 Å². The summed E-state index contributed by atoms with van der Waals surface area (Å²) in [5.41, 5.74) is 1.23. The lowest BCUT2D eigenvalue weighted by Gasteiger charge is -2.14. The predicted octanol–water partition coefficient (Wildman–Crippen LogP) is 3.93. The van der Waals surface area contributed by atoms with Gasteiger partial charge in [-0.15, -0.1) is 0 Å². The minimum atomic E-state index is 0.570. The van der Waals surface area contributed by atoms with Crippen molar-refractivity contribution < 1.29 is 4.74 Å². The van der Waals surface area contributed by atoms with E-state index in [9.17, 15) is 0 Å². The molecule has 0 aliphatic carbocycles. The Balaban J connectivity index is 2.16. The average molecular weight is 264 g/mol. The maximum atomic E-state index is 5.13. The molecule has 1 rings (SSSR count). The highest BCUT2D eigenvalue weighted by atomic mass is 16.5. The fraction of sp³-hybridized carbons (Fsp3) is 0.688. The Kier molecular flexibility index (Phi) is 8.23. The lowest BCUT2D eigenvalue weighted by Crippen LogP contribution is -2.25. The van der Waals surface area contributed by atoms with E-state index < -0.39 is 0 Å². The van der Waals surface area contributed by atoms with Crippen LogP contribution in [0, 0.1) is 0 Å². The molecule has 0 bridgehead atoms. The van der Waals surface area contributed by atoms with Gasteiger partial charge in [0, 0.05) is 24.8 Å². The van der Waals surface area contributed by atoms with E-state index in [1.54, 1.807) is 13.3 Å². The second kappa shape index (κ2) is 9.79. The molecular weight excluding hydrogens is 236 g/mol. The number of rotatable bonds is 10. The first-order valence-electron chi connectivity index (χ1n) is 7.48. The van der Waals surface area contributed by atoms with Gasteiger partial charge in [0.25, 0.3) is 0 Å². The molecule has 0 saturated carbocycles. The molecule has 1 heterocycles. The van der Waals surface area contributed by atoms with Crippen LogP contribution in [0.4, 0.5) is 0 Å². The van der Waals surface area contributed by atoms with Crippen LogP contribution in [0.5, 0.6) is 5.88 Å². The molecule has 1 unspecified atom stereocenters. The van der Waals surface area contributed by atoms with Gasteiger partial charge in [-0.05, 0) is 25.0 Å². The van der Waals surface area contributed by atoms with E-state index in [2.05, 4.69) is 24.1 Å². The molecule has 3 nitrogen and oxygen atoms in total. The van der Waals surface area contributed by atoms with Crippen molar-refractivity contribution in [1.29, 1.82) is 0 Å². The minimum absolute atomic E-state index is 0.570. The van der Waals surface area contributed by atoms with Gasteiger partial charge in [-0.3, -0.25) is 0 Å². The Labute approximate surface area is 117 Å². The summed E-state index contributed by atoms with van der Waals surface area (Å²) in [6.07, 6.45) is 9.81. The van der Waals surface area contributed by atoms with E-state index in [1.807, 2.05) is 12.1 Å². The van der Waals surface area contributed by atoms with Gasteiger partial charge in [0.2, 0.25) is 5.88 Å². The first-order chi connectivity index (χ1) is 9.26. The Morgan fingerprint density at radius 1 is 1.26 bits per heavy atom. The van der Waals surface area contributed by atoms with E-state index in [4.69, 9.17) is 4.74 Å². The molecule has 1 aromatic heterocycles. The maximum absolute atomic E-state index is 5.13. The van der Waals surface area contributed by atoms with Crippen LogP contribution < -0.4 is 10.1 Å². The third-order valence-corrected chi connectivity index (χ3v) is 3.40. The Morgan fingerprint density at radius 2 is 2.05 bits per heavy atom. The number of methoxy groups -OCH3 is 1. The molecule has 0 aromatic carbocycles. The van der Waals surface area contributed by atoms with Gasteiger partial charge < -0.3 is 10.1 Å². The first-order valence-corrected chi connectivity index (χ1v) is 7.48. The molecule has 0 radical (unpaired) electrons. The number of aromatic nitrogens is 1. The van der Waals surface area contributed by atoms with E-state index >= 15 is 0 Å². The van der Waals surface area contributed by atoms with E-state index in [0.29, 0.717) is 11.9 Å². The molecule has 0 spiro atoms. The van der Waals surface area contributed by atoms with Crippen LogP contribution in [0.15, 0.2) is 18.3 Å². The van der Waals surface area contributed by atoms with Crippen molar-refractivity contribution in [3.8, 4) is 5.88 Å². The molecule has 1 aromatic rings. The first kappa shape index (κ1) is 16.0. The normalized spacial score (nSPS) is 12.4. The predicted molar refractivity (Wildman–Crippen MR) is 80.5 cm³/mol. The van der Waals surface area contributed by atoms with Gasteiger partial charge in [-0.2, -0.15) is 0 Å². The summed E-state index contributed by atoms with van der Waals surface area (Å²) >= 11 is 0. The van der Waals surface area contributed by atoms with Gasteiger partial charge >= 0.3 is 0 Å². The summed E-state index contributed by atoms with van der Waals surface area (Å²) < 4.78 is 5.13. The summed E-state index contributed by atoms with van der Waals surface area (Å²) in [7, 11) is 1.65. The molecule has 0 amide bonds. The molecule has 1 N–H and O–H groups in total. The van der Waals surface area contributed by atoms with Crippen LogP contribution in [0.25, 0.3) is 0 Å². The highest BCUT2D eigenvalue weighted by Gasteiger charge is 2.02. The number of nitrogens with one attached hydrogen (secondary N) is 1. The average Bonchev–Trinajstić information content (AvgIpc) is 2.45. The van der Waals surface area contributed by atoms with Gasteiger partial charge in [0.05, 0.1) is 7.11 Å². The summed E-state index contributed by atoms with van der Waals surface area (Å²) in [6.45, 7) is 5.40. The maximum Gasteiger partial charge on any atom is 0.213 e. The lowest BCUT2D eigenvalue weighted by molar-refractivity contribution is 0.396. The second-order valence-corrected chi connectivity index (χ2v) is 5.19. The largest absolute Gasteiger partial charge is 0.481 e. The molecular formula is C16H28N2O. The summed E-state index contributed by atoms with van der Waals surface area (Å²) in [5, 5.41) is 3.56. The zero-order valence-electron chi connectivity index (χ0n) is 12.6. The fourth-order valence-corrected chi connectivity index (χ4v) is 2.12. The van der Waals surface area contributed by atoms with E-state index in [1.165, 1.54) is 44.1 Å². The molecule has 0 fully saturated rings. The SMILES string of the molecule is CCCCCCCC(C)NCc1ccnc(OC)c1. The van der Waals surface area contributed by atoms with Gasteiger partial charge in [0.1, 0.15) is 0 Å². The Hall–Kier alpha value is -1.09. The second-order valence-electron chi connectivity index (χ2n) is 5.19. The van der Waals surface area contributed by atoms with Crippen LogP contribution in [-0.4, -0.2) is 18.1 Å². The summed E-state index contributed by atoms with van der Waals surface area (Å²) in [4.78, 5) is 4.11. The Morgan fingerprint density at radius 3 is 2.79 bits per heavy atom. The number of nitrogens with zero attached hydrogens (tertiary/aromatic N) is 1. The van der Waals surface area contributed by atoms with E-state index in [0.717, 1.165) is 6.54 Å². The van der Waals surface area contributed by atoms with Crippen molar-refractivity contribution in [2.75, 3.05) is 7.11 Å². The van der Waals surface area contributed by atoms with Crippen molar-refractivity contribution >= 4 is 0 Å². The smallest absolute Gasteiger partial charge is 0.213 e. The number of hydrogen-bond acceptors (Lipinski definition) is 3. The summed E-state index contributed by atoms with van der Waals surface area (Å²) in [6, 6.07) is 4.59. The zero-order chi connectivity index (χ0) is 13.9. The summed E-state index contributed by atoms with van der Waals surface area (Å²) in [5.74, 6) is 0.687. The number of unbranched alkanes of at least 4 members (excludes halogenated alkanes) is 4. The van der Waals surface area contributed by atoms with Crippen molar-refractivity contribution in [2.24, 2.45) is 0 Å². The third-order valence-electron chi connectivity index (χ3n) is 3.40. The standard InChI is InChI=1S/C16H28N2O/c1-4-5-6-7-8-9-14(2)18-13-15-10-11-17-16(12-15)19-3/h10-12,14,18H,4-9,13H2,1-3H3. The van der Waals surface area contributed by atoms with Crippen LogP contribution >= 0.6 is 0 Å². The number of hydrogen-bond donors (Lipinski definition) is 1. The van der Waals surface area contributed by atoms with Crippen LogP contribution in [0.1, 0.15) is 57.9 Å². The van der Waals surface area contributed by atoms with Crippen LogP contribution in [0.2, 0.25) is 0 Å². The van der Waals surface area contributed by atoms with Crippen molar-refractivity contribution in [1.82, 2.24) is 10.3 Å². The quantitative estimate of drug-likeness (QED) is 0.650. The highest BCUT2D eigenvalue weighted by molar-refractivity contribution is 5.20. The number of ether oxygens (including phenoxy) is 1. The fourth-order valence-electron chi connectivity index (χ4n) is 2.12. The molecule has 19 heavy (non-hydrogen) atoms. The van der Waals surface area contributed by atoms with Gasteiger partial charge in [-0.25, -0.2) is 4.98 Å². The third kappa shape index (κ3) is 7.16. The lowest BCUT2D eigenvalue weighted by atomic mass is 10.1. The monoisotopic (exact) mass is 264 g/mol. The molecule has 0 saturated heterocycles. The topological polar surface area (TPSA) is 34.2 Å². The molecule has 0 aliphatic rings. The van der Waals surface area contributed by atoms with Crippen LogP contribution in [-0.2, 0) is 6.54 Å². The van der Waals surface area contributed by atoms with E-state index in [-0.39, 0.29) is 0 Å². The van der Waals surface area contributed by atoms with Crippen molar-refractivity contribution in [3.05, 3.63) is 23.9 Å². The van der Waals surface area contributed by atoms with Crippen LogP contribution in [0.3, 0.4) is 0 Å². The molecule has 0 aliphatic heterocycles. The zero-order valence-corrected chi connectivity index (χ0v) is 12.6. The number of pyridine rings is 1.